The normalized spacial score (nSPS) is 18.4. The molecule has 0 aliphatic heterocycles. The van der Waals surface area contributed by atoms with Gasteiger partial charge in [0.1, 0.15) is 17.4 Å². The molecular formula is C28H30F4N4O3S. The maximum Gasteiger partial charge on any atom is 0.418 e. The quantitative estimate of drug-likeness (QED) is 0.194. The number of para-hydroxylation sites is 1. The molecule has 40 heavy (non-hydrogen) atoms. The highest BCUT2D eigenvalue weighted by Crippen LogP contribution is 2.40. The van der Waals surface area contributed by atoms with E-state index in [0.717, 1.165) is 6.07 Å². The molecule has 3 aromatic rings. The Morgan fingerprint density at radius 2 is 1.90 bits per heavy atom. The molecule has 0 bridgehead atoms. The average Bonchev–Trinajstić information content (AvgIpc) is 3.27. The number of amides is 1. The van der Waals surface area contributed by atoms with Crippen LogP contribution in [0.4, 0.5) is 17.6 Å². The maximum absolute atomic E-state index is 14.0. The van der Waals surface area contributed by atoms with Gasteiger partial charge in [0.25, 0.3) is 0 Å². The molecule has 0 fully saturated rings. The molecule has 0 radical (unpaired) electrons. The summed E-state index contributed by atoms with van der Waals surface area (Å²) in [5, 5.41) is 19.1. The summed E-state index contributed by atoms with van der Waals surface area (Å²) in [6, 6.07) is 9.03. The van der Waals surface area contributed by atoms with E-state index in [1.54, 1.807) is 18.2 Å². The Hall–Kier alpha value is -3.67. The number of benzene rings is 2. The highest BCUT2D eigenvalue weighted by Gasteiger charge is 2.46. The molecule has 0 saturated heterocycles. The molecule has 0 saturated carbocycles. The fraction of sp³-hybridized carbons (Fsp3) is 0.393. The number of aliphatic carboxylic acids is 1. The number of alkyl halides is 3. The number of aromatic nitrogens is 1. The molecular weight excluding hydrogens is 548 g/mol. The van der Waals surface area contributed by atoms with Gasteiger partial charge in [0.2, 0.25) is 5.91 Å². The summed E-state index contributed by atoms with van der Waals surface area (Å²) in [6.07, 6.45) is -4.09. The summed E-state index contributed by atoms with van der Waals surface area (Å²) in [7, 11) is 0. The molecule has 12 heteroatoms. The molecule has 1 heterocycles. The zero-order valence-corrected chi connectivity index (χ0v) is 22.7. The lowest BCUT2D eigenvalue weighted by molar-refractivity contribution is -0.148. The van der Waals surface area contributed by atoms with Crippen molar-refractivity contribution in [3.8, 4) is 0 Å². The predicted octanol–water partition coefficient (Wildman–Crippen LogP) is 4.83. The molecule has 1 aliphatic rings. The van der Waals surface area contributed by atoms with Gasteiger partial charge in [-0.25, -0.2) is 9.18 Å². The summed E-state index contributed by atoms with van der Waals surface area (Å²) in [4.78, 5) is 29.0. The molecule has 1 aromatic heterocycles. The van der Waals surface area contributed by atoms with Gasteiger partial charge >= 0.3 is 12.1 Å². The van der Waals surface area contributed by atoms with Crippen molar-refractivity contribution < 1.29 is 32.3 Å². The van der Waals surface area contributed by atoms with Crippen LogP contribution in [0.15, 0.2) is 42.5 Å². The zero-order chi connectivity index (χ0) is 29.2. The van der Waals surface area contributed by atoms with Gasteiger partial charge in [0.15, 0.2) is 5.11 Å². The number of carboxylic acid groups (broad SMARTS) is 1. The molecule has 0 spiro atoms. The Morgan fingerprint density at radius 3 is 2.55 bits per heavy atom. The minimum atomic E-state index is -4.58. The topological polar surface area (TPSA) is 106 Å². The predicted molar refractivity (Wildman–Crippen MR) is 146 cm³/mol. The van der Waals surface area contributed by atoms with Crippen LogP contribution in [0.25, 0.3) is 10.9 Å². The van der Waals surface area contributed by atoms with Gasteiger partial charge in [-0.3, -0.25) is 4.79 Å². The number of thiocarbonyl (C=S) groups is 1. The van der Waals surface area contributed by atoms with E-state index in [0.29, 0.717) is 23.2 Å². The Labute approximate surface area is 233 Å². The largest absolute Gasteiger partial charge is 0.479 e. The number of fused-ring (bicyclic) bond motifs is 3. The van der Waals surface area contributed by atoms with Crippen molar-refractivity contribution >= 4 is 40.1 Å². The van der Waals surface area contributed by atoms with Crippen molar-refractivity contribution in [2.45, 2.75) is 63.8 Å². The highest BCUT2D eigenvalue weighted by atomic mass is 32.1. The molecule has 1 aliphatic carbocycles. The Morgan fingerprint density at radius 1 is 1.18 bits per heavy atom. The Kier molecular flexibility index (Phi) is 8.38. The van der Waals surface area contributed by atoms with E-state index < -0.39 is 41.0 Å². The van der Waals surface area contributed by atoms with Crippen LogP contribution in [0.3, 0.4) is 0 Å². The number of nitrogens with one attached hydrogen (secondary N) is 4. The first-order valence-corrected chi connectivity index (χ1v) is 13.3. The van der Waals surface area contributed by atoms with Crippen molar-refractivity contribution in [2.75, 3.05) is 0 Å². The lowest BCUT2D eigenvalue weighted by Gasteiger charge is -2.36. The van der Waals surface area contributed by atoms with Gasteiger partial charge in [0.05, 0.1) is 11.1 Å². The number of rotatable bonds is 8. The molecule has 5 N–H and O–H groups in total. The Bertz CT molecular complexity index is 1440. The van der Waals surface area contributed by atoms with Crippen LogP contribution in [0.5, 0.6) is 0 Å². The fourth-order valence-corrected chi connectivity index (χ4v) is 5.27. The standard InChI is InChI=1S/C28H30F4N4O3S/c1-3-15(2)22(35-26(40)33-14-16-7-4-5-10-20(16)29)24(37)36-27(25(38)39)12-11-21-18(13-27)17-8-6-9-19(23(17)34-21)28(30,31)32/h4-10,15,22,34H,3,11-14H2,1-2H3,(H,36,37)(H,38,39)(H2,33,35,40)/t15-,22-,27+/m0/s1. The van der Waals surface area contributed by atoms with Crippen molar-refractivity contribution in [3.05, 3.63) is 70.7 Å². The second-order valence-corrected chi connectivity index (χ2v) is 10.6. The van der Waals surface area contributed by atoms with Crippen molar-refractivity contribution in [1.29, 1.82) is 0 Å². The number of carbonyl (C=O) groups excluding carboxylic acids is 1. The first kappa shape index (κ1) is 29.3. The Balaban J connectivity index is 1.56. The second-order valence-electron chi connectivity index (χ2n) is 10.1. The van der Waals surface area contributed by atoms with Crippen LogP contribution >= 0.6 is 12.2 Å². The summed E-state index contributed by atoms with van der Waals surface area (Å²) in [6.45, 7) is 3.75. The van der Waals surface area contributed by atoms with E-state index in [1.807, 2.05) is 13.8 Å². The lowest BCUT2D eigenvalue weighted by Crippen LogP contribution is -2.63. The summed E-state index contributed by atoms with van der Waals surface area (Å²) in [5.41, 5.74) is -1.33. The minimum absolute atomic E-state index is 0.0154. The number of halogens is 4. The lowest BCUT2D eigenvalue weighted by atomic mass is 9.79. The molecule has 1 amide bonds. The van der Waals surface area contributed by atoms with Gasteiger partial charge in [-0.1, -0.05) is 50.6 Å². The third-order valence-corrected chi connectivity index (χ3v) is 7.83. The monoisotopic (exact) mass is 578 g/mol. The SMILES string of the molecule is CC[C@H](C)[C@H](NC(=S)NCc1ccccc1F)C(=O)N[C@]1(C(=O)O)CCc2[nH]c3c(C(F)(F)F)cccc3c2C1. The molecule has 7 nitrogen and oxygen atoms in total. The number of aromatic amines is 1. The van der Waals surface area contributed by atoms with Crippen LogP contribution in [0.1, 0.15) is 49.1 Å². The molecule has 4 rings (SSSR count). The maximum atomic E-state index is 14.0. The molecule has 3 atom stereocenters. The van der Waals surface area contributed by atoms with Crippen LogP contribution in [0.2, 0.25) is 0 Å². The number of carboxylic acids is 1. The fourth-order valence-electron chi connectivity index (χ4n) is 5.08. The number of hydrogen-bond acceptors (Lipinski definition) is 3. The van der Waals surface area contributed by atoms with Crippen LogP contribution in [-0.4, -0.2) is 38.7 Å². The highest BCUT2D eigenvalue weighted by molar-refractivity contribution is 7.80. The van der Waals surface area contributed by atoms with Gasteiger partial charge in [0, 0.05) is 29.6 Å². The second kappa shape index (κ2) is 11.4. The van der Waals surface area contributed by atoms with Gasteiger partial charge in [-0.15, -0.1) is 0 Å². The van der Waals surface area contributed by atoms with Crippen molar-refractivity contribution in [3.63, 3.8) is 0 Å². The van der Waals surface area contributed by atoms with E-state index in [2.05, 4.69) is 20.9 Å². The zero-order valence-electron chi connectivity index (χ0n) is 21.9. The van der Waals surface area contributed by atoms with E-state index in [9.17, 15) is 32.3 Å². The molecule has 2 aromatic carbocycles. The van der Waals surface area contributed by atoms with Gasteiger partial charge < -0.3 is 26.0 Å². The number of carbonyl (C=O) groups is 2. The summed E-state index contributed by atoms with van der Waals surface area (Å²) < 4.78 is 54.8. The molecule has 0 unspecified atom stereocenters. The van der Waals surface area contributed by atoms with Crippen LogP contribution in [0, 0.1) is 11.7 Å². The van der Waals surface area contributed by atoms with Crippen molar-refractivity contribution in [2.24, 2.45) is 5.92 Å². The van der Waals surface area contributed by atoms with Crippen molar-refractivity contribution in [1.82, 2.24) is 20.9 Å². The van der Waals surface area contributed by atoms with Gasteiger partial charge in [-0.05, 0) is 48.7 Å². The smallest absolute Gasteiger partial charge is 0.418 e. The van der Waals surface area contributed by atoms with E-state index >= 15 is 0 Å². The third-order valence-electron chi connectivity index (χ3n) is 7.57. The van der Waals surface area contributed by atoms with E-state index in [-0.39, 0.29) is 47.7 Å². The first-order valence-electron chi connectivity index (χ1n) is 12.9. The van der Waals surface area contributed by atoms with E-state index in [4.69, 9.17) is 12.2 Å². The van der Waals surface area contributed by atoms with E-state index in [1.165, 1.54) is 18.2 Å². The summed E-state index contributed by atoms with van der Waals surface area (Å²) >= 11 is 5.34. The average molecular weight is 579 g/mol. The number of aryl methyl sites for hydroxylation is 1. The van der Waals surface area contributed by atoms with Crippen LogP contribution in [-0.2, 0) is 35.2 Å². The molecule has 214 valence electrons. The van der Waals surface area contributed by atoms with Crippen LogP contribution < -0.4 is 16.0 Å². The number of H-pyrrole nitrogens is 1. The van der Waals surface area contributed by atoms with Gasteiger partial charge in [-0.2, -0.15) is 13.2 Å². The first-order chi connectivity index (χ1) is 18.9. The summed E-state index contributed by atoms with van der Waals surface area (Å²) in [5.74, 6) is -2.56. The number of hydrogen-bond donors (Lipinski definition) is 5. The third kappa shape index (κ3) is 5.91. The minimum Gasteiger partial charge on any atom is -0.479 e.